The molecule has 0 radical (unpaired) electrons. The van der Waals surface area contributed by atoms with Crippen LogP contribution in [0.1, 0.15) is 33.1 Å². The van der Waals surface area contributed by atoms with E-state index in [1.807, 2.05) is 32.0 Å². The van der Waals surface area contributed by atoms with E-state index < -0.39 is 0 Å². The molecule has 0 aliphatic carbocycles. The number of aliphatic hydroxyl groups is 1. The van der Waals surface area contributed by atoms with Crippen molar-refractivity contribution >= 4 is 5.69 Å². The molecule has 0 heterocycles. The van der Waals surface area contributed by atoms with Crippen LogP contribution in [0.4, 0.5) is 5.69 Å². The van der Waals surface area contributed by atoms with E-state index in [9.17, 15) is 0 Å². The highest BCUT2D eigenvalue weighted by Crippen LogP contribution is 2.22. The Bertz CT molecular complexity index is 395. The highest BCUT2D eigenvalue weighted by atomic mass is 16.3. The van der Waals surface area contributed by atoms with Gasteiger partial charge in [0.1, 0.15) is 0 Å². The summed E-state index contributed by atoms with van der Waals surface area (Å²) < 4.78 is 0. The van der Waals surface area contributed by atoms with Gasteiger partial charge in [-0.1, -0.05) is 18.2 Å². The average Bonchev–Trinajstić information content (AvgIpc) is 2.43. The van der Waals surface area contributed by atoms with E-state index in [4.69, 9.17) is 10.4 Å². The number of rotatable bonds is 8. The SMILES string of the molecule is CC(C)(C#N)CCCN(CCCO)c1ccccc1. The Morgan fingerprint density at radius 3 is 2.37 bits per heavy atom. The van der Waals surface area contributed by atoms with Gasteiger partial charge < -0.3 is 10.0 Å². The van der Waals surface area contributed by atoms with Gasteiger partial charge in [-0.15, -0.1) is 0 Å². The van der Waals surface area contributed by atoms with Gasteiger partial charge in [0, 0.05) is 25.4 Å². The second kappa shape index (κ2) is 7.81. The molecule has 1 aromatic carbocycles. The van der Waals surface area contributed by atoms with Crippen LogP contribution in [0.15, 0.2) is 30.3 Å². The van der Waals surface area contributed by atoms with Crippen molar-refractivity contribution in [1.29, 1.82) is 5.26 Å². The van der Waals surface area contributed by atoms with Crippen LogP contribution in [-0.2, 0) is 0 Å². The summed E-state index contributed by atoms with van der Waals surface area (Å²) in [6, 6.07) is 12.6. The number of hydrogen-bond acceptors (Lipinski definition) is 3. The predicted octanol–water partition coefficient (Wildman–Crippen LogP) is 3.21. The summed E-state index contributed by atoms with van der Waals surface area (Å²) in [6.07, 6.45) is 2.66. The van der Waals surface area contributed by atoms with Crippen molar-refractivity contribution in [3.63, 3.8) is 0 Å². The molecule has 104 valence electrons. The first kappa shape index (κ1) is 15.5. The van der Waals surface area contributed by atoms with E-state index in [-0.39, 0.29) is 12.0 Å². The number of anilines is 1. The van der Waals surface area contributed by atoms with Crippen LogP contribution in [0.2, 0.25) is 0 Å². The van der Waals surface area contributed by atoms with Gasteiger partial charge in [0.25, 0.3) is 0 Å². The van der Waals surface area contributed by atoms with Crippen LogP contribution < -0.4 is 4.90 Å². The monoisotopic (exact) mass is 260 g/mol. The summed E-state index contributed by atoms with van der Waals surface area (Å²) in [5.74, 6) is 0. The zero-order valence-corrected chi connectivity index (χ0v) is 12.0. The van der Waals surface area contributed by atoms with Crippen LogP contribution in [0, 0.1) is 16.7 Å². The van der Waals surface area contributed by atoms with Gasteiger partial charge in [-0.25, -0.2) is 0 Å². The number of nitrogens with zero attached hydrogens (tertiary/aromatic N) is 2. The first-order chi connectivity index (χ1) is 9.09. The van der Waals surface area contributed by atoms with Gasteiger partial charge in [0.2, 0.25) is 0 Å². The Balaban J connectivity index is 2.54. The Labute approximate surface area is 116 Å². The van der Waals surface area contributed by atoms with E-state index in [0.717, 1.165) is 32.4 Å². The van der Waals surface area contributed by atoms with E-state index in [1.165, 1.54) is 5.69 Å². The number of benzene rings is 1. The molecule has 0 unspecified atom stereocenters. The van der Waals surface area contributed by atoms with Crippen molar-refractivity contribution in [3.05, 3.63) is 30.3 Å². The molecule has 1 rings (SSSR count). The zero-order valence-electron chi connectivity index (χ0n) is 12.0. The molecule has 0 bridgehead atoms. The summed E-state index contributed by atoms with van der Waals surface area (Å²) in [6.45, 7) is 5.96. The maximum Gasteiger partial charge on any atom is 0.0683 e. The minimum absolute atomic E-state index is 0.215. The van der Waals surface area contributed by atoms with Gasteiger partial charge >= 0.3 is 0 Å². The van der Waals surface area contributed by atoms with Gasteiger partial charge in [0.05, 0.1) is 11.5 Å². The molecule has 19 heavy (non-hydrogen) atoms. The van der Waals surface area contributed by atoms with E-state index >= 15 is 0 Å². The third kappa shape index (κ3) is 5.76. The quantitative estimate of drug-likeness (QED) is 0.780. The Morgan fingerprint density at radius 2 is 1.79 bits per heavy atom. The van der Waals surface area contributed by atoms with Crippen molar-refractivity contribution in [2.45, 2.75) is 33.1 Å². The van der Waals surface area contributed by atoms with Crippen LogP contribution in [0.25, 0.3) is 0 Å². The second-order valence-corrected chi connectivity index (χ2v) is 5.50. The summed E-state index contributed by atoms with van der Waals surface area (Å²) in [5, 5.41) is 18.0. The standard InChI is InChI=1S/C16H24N2O/c1-16(2,14-17)10-6-11-18(12-7-13-19)15-8-4-3-5-9-15/h3-5,8-9,19H,6-7,10-13H2,1-2H3. The lowest BCUT2D eigenvalue weighted by Crippen LogP contribution is -2.27. The molecule has 0 saturated carbocycles. The van der Waals surface area contributed by atoms with E-state index in [2.05, 4.69) is 23.1 Å². The molecule has 0 aliphatic heterocycles. The minimum atomic E-state index is -0.251. The van der Waals surface area contributed by atoms with Crippen molar-refractivity contribution in [2.75, 3.05) is 24.6 Å². The fourth-order valence-electron chi connectivity index (χ4n) is 2.04. The summed E-state index contributed by atoms with van der Waals surface area (Å²) in [5.41, 5.74) is 0.935. The molecule has 0 atom stereocenters. The third-order valence-electron chi connectivity index (χ3n) is 3.24. The molecule has 0 aliphatic rings. The predicted molar refractivity (Wildman–Crippen MR) is 79.0 cm³/mol. The van der Waals surface area contributed by atoms with Crippen molar-refractivity contribution in [1.82, 2.24) is 0 Å². The lowest BCUT2D eigenvalue weighted by atomic mass is 9.90. The van der Waals surface area contributed by atoms with Gasteiger partial charge in [-0.05, 0) is 45.2 Å². The van der Waals surface area contributed by atoms with Gasteiger partial charge in [0.15, 0.2) is 0 Å². The lowest BCUT2D eigenvalue weighted by Gasteiger charge is -2.26. The van der Waals surface area contributed by atoms with Crippen LogP contribution in [0.3, 0.4) is 0 Å². The van der Waals surface area contributed by atoms with Crippen molar-refractivity contribution < 1.29 is 5.11 Å². The number of hydrogen-bond donors (Lipinski definition) is 1. The maximum atomic E-state index is 9.02. The number of aliphatic hydroxyl groups excluding tert-OH is 1. The molecule has 0 spiro atoms. The Hall–Kier alpha value is -1.53. The Kier molecular flexibility index (Phi) is 6.38. The molecule has 3 heteroatoms. The largest absolute Gasteiger partial charge is 0.396 e. The number of para-hydroxylation sites is 1. The third-order valence-corrected chi connectivity index (χ3v) is 3.24. The first-order valence-electron chi connectivity index (χ1n) is 6.91. The molecule has 0 aromatic heterocycles. The lowest BCUT2D eigenvalue weighted by molar-refractivity contribution is 0.289. The summed E-state index contributed by atoms with van der Waals surface area (Å²) >= 11 is 0. The average molecular weight is 260 g/mol. The summed E-state index contributed by atoms with van der Waals surface area (Å²) in [4.78, 5) is 2.28. The molecular weight excluding hydrogens is 236 g/mol. The summed E-state index contributed by atoms with van der Waals surface area (Å²) in [7, 11) is 0. The molecule has 1 aromatic rings. The van der Waals surface area contributed by atoms with Crippen LogP contribution in [-0.4, -0.2) is 24.8 Å². The van der Waals surface area contributed by atoms with Crippen molar-refractivity contribution in [2.24, 2.45) is 5.41 Å². The molecule has 0 fully saturated rings. The molecule has 0 saturated heterocycles. The minimum Gasteiger partial charge on any atom is -0.396 e. The van der Waals surface area contributed by atoms with Gasteiger partial charge in [-0.3, -0.25) is 0 Å². The highest BCUT2D eigenvalue weighted by molar-refractivity contribution is 5.45. The fourth-order valence-corrected chi connectivity index (χ4v) is 2.04. The van der Waals surface area contributed by atoms with Gasteiger partial charge in [-0.2, -0.15) is 5.26 Å². The highest BCUT2D eigenvalue weighted by Gasteiger charge is 2.16. The first-order valence-corrected chi connectivity index (χ1v) is 6.91. The fraction of sp³-hybridized carbons (Fsp3) is 0.562. The van der Waals surface area contributed by atoms with Crippen LogP contribution in [0.5, 0.6) is 0 Å². The second-order valence-electron chi connectivity index (χ2n) is 5.50. The van der Waals surface area contributed by atoms with Crippen molar-refractivity contribution in [3.8, 4) is 6.07 Å². The Morgan fingerprint density at radius 1 is 1.16 bits per heavy atom. The molecular formula is C16H24N2O. The smallest absolute Gasteiger partial charge is 0.0683 e. The van der Waals surface area contributed by atoms with E-state index in [1.54, 1.807) is 0 Å². The van der Waals surface area contributed by atoms with Crippen LogP contribution >= 0.6 is 0 Å². The van der Waals surface area contributed by atoms with E-state index in [0.29, 0.717) is 0 Å². The molecule has 1 N–H and O–H groups in total. The zero-order chi connectivity index (χ0) is 14.1. The maximum absolute atomic E-state index is 9.02. The molecule has 0 amide bonds. The molecule has 3 nitrogen and oxygen atoms in total. The normalized spacial score (nSPS) is 11.1. The number of nitriles is 1. The topological polar surface area (TPSA) is 47.3 Å².